The number of aliphatic carboxylic acids is 1. The molecule has 0 amide bonds. The first-order valence-electron chi connectivity index (χ1n) is 11.9. The quantitative estimate of drug-likeness (QED) is 0.492. The van der Waals surface area contributed by atoms with Gasteiger partial charge in [0, 0.05) is 25.1 Å². The number of alkyl halides is 3. The summed E-state index contributed by atoms with van der Waals surface area (Å²) in [7, 11) is 1.82. The number of aromatic nitrogens is 4. The van der Waals surface area contributed by atoms with Gasteiger partial charge in [-0.3, -0.25) is 0 Å². The summed E-state index contributed by atoms with van der Waals surface area (Å²) in [5.74, 6) is 0.348. The number of tetrazole rings is 1. The van der Waals surface area contributed by atoms with Gasteiger partial charge in [-0.2, -0.15) is 13.2 Å². The Labute approximate surface area is 202 Å². The van der Waals surface area contributed by atoms with Crippen LogP contribution in [0.1, 0.15) is 88.4 Å². The molecular weight excluding hydrogens is 467 g/mol. The number of furan rings is 1. The van der Waals surface area contributed by atoms with E-state index >= 15 is 0 Å². The highest BCUT2D eigenvalue weighted by atomic mass is 19.4. The number of halogens is 3. The molecule has 4 rings (SSSR count). The lowest BCUT2D eigenvalue weighted by atomic mass is 9.81. The van der Waals surface area contributed by atoms with Gasteiger partial charge in [0.15, 0.2) is 5.82 Å². The summed E-state index contributed by atoms with van der Waals surface area (Å²) in [6.45, 7) is 7.29. The molecule has 0 saturated heterocycles. The predicted molar refractivity (Wildman–Crippen MR) is 120 cm³/mol. The van der Waals surface area contributed by atoms with Crippen LogP contribution < -0.4 is 5.32 Å². The zero-order valence-corrected chi connectivity index (χ0v) is 20.5. The van der Waals surface area contributed by atoms with Crippen molar-refractivity contribution in [2.45, 2.75) is 89.1 Å². The summed E-state index contributed by atoms with van der Waals surface area (Å²) < 4.78 is 45.4. The van der Waals surface area contributed by atoms with Crippen molar-refractivity contribution in [1.82, 2.24) is 25.5 Å². The van der Waals surface area contributed by atoms with Crippen LogP contribution in [0.4, 0.5) is 13.2 Å². The van der Waals surface area contributed by atoms with E-state index < -0.39 is 12.1 Å². The molecule has 2 atom stereocenters. The van der Waals surface area contributed by atoms with Crippen LogP contribution in [0.2, 0.25) is 0 Å². The van der Waals surface area contributed by atoms with Gasteiger partial charge in [-0.25, -0.2) is 9.48 Å². The Balaban J connectivity index is 0.000000429. The molecule has 12 heteroatoms. The van der Waals surface area contributed by atoms with Gasteiger partial charge in [-0.1, -0.05) is 13.3 Å². The summed E-state index contributed by atoms with van der Waals surface area (Å²) in [4.78, 5) is 8.90. The van der Waals surface area contributed by atoms with Crippen molar-refractivity contribution in [3.63, 3.8) is 0 Å². The molecule has 0 aliphatic heterocycles. The molecule has 35 heavy (non-hydrogen) atoms. The van der Waals surface area contributed by atoms with Crippen molar-refractivity contribution >= 4 is 5.97 Å². The molecular formula is C23H34F3N5O4. The summed E-state index contributed by atoms with van der Waals surface area (Å²) >= 11 is 0. The Hall–Kier alpha value is -2.47. The Morgan fingerprint density at radius 3 is 2.46 bits per heavy atom. The van der Waals surface area contributed by atoms with E-state index in [-0.39, 0.29) is 17.7 Å². The maximum absolute atomic E-state index is 10.6. The van der Waals surface area contributed by atoms with Gasteiger partial charge in [0.25, 0.3) is 0 Å². The molecule has 2 N–H and O–H groups in total. The largest absolute Gasteiger partial charge is 0.490 e. The monoisotopic (exact) mass is 501 g/mol. The normalized spacial score (nSPS) is 18.4. The van der Waals surface area contributed by atoms with E-state index in [9.17, 15) is 13.2 Å². The maximum atomic E-state index is 10.6. The van der Waals surface area contributed by atoms with E-state index in [1.807, 2.05) is 11.8 Å². The van der Waals surface area contributed by atoms with Gasteiger partial charge in [0.1, 0.15) is 5.76 Å². The number of hydrogen-bond acceptors (Lipinski definition) is 7. The molecule has 2 saturated carbocycles. The first-order valence-corrected chi connectivity index (χ1v) is 11.9. The highest BCUT2D eigenvalue weighted by molar-refractivity contribution is 5.73. The van der Waals surface area contributed by atoms with E-state index in [1.165, 1.54) is 32.1 Å². The highest BCUT2D eigenvalue weighted by Gasteiger charge is 2.38. The minimum absolute atomic E-state index is 0.104. The fraction of sp³-hybridized carbons (Fsp3) is 0.739. The molecule has 2 aliphatic carbocycles. The number of rotatable bonds is 10. The van der Waals surface area contributed by atoms with E-state index in [0.29, 0.717) is 11.8 Å². The minimum Gasteiger partial charge on any atom is -0.475 e. The van der Waals surface area contributed by atoms with Crippen molar-refractivity contribution in [3.8, 4) is 0 Å². The second-order valence-electron chi connectivity index (χ2n) is 9.74. The average Bonchev–Trinajstić information content (AvgIpc) is 3.28. The van der Waals surface area contributed by atoms with Crippen molar-refractivity contribution in [2.24, 2.45) is 5.92 Å². The summed E-state index contributed by atoms with van der Waals surface area (Å²) in [6.07, 6.45) is 4.09. The van der Waals surface area contributed by atoms with Crippen LogP contribution in [0.3, 0.4) is 0 Å². The predicted octanol–water partition coefficient (Wildman–Crippen LogP) is 4.42. The van der Waals surface area contributed by atoms with Crippen molar-refractivity contribution in [1.29, 1.82) is 0 Å². The number of carboxylic acids is 1. The number of nitrogens with zero attached hydrogens (tertiary/aromatic N) is 4. The van der Waals surface area contributed by atoms with Crippen LogP contribution in [0, 0.1) is 5.92 Å². The number of methoxy groups -OCH3 is 1. The lowest BCUT2D eigenvalue weighted by molar-refractivity contribution is -0.192. The minimum atomic E-state index is -5.08. The van der Waals surface area contributed by atoms with Gasteiger partial charge < -0.3 is 19.6 Å². The Kier molecular flexibility index (Phi) is 8.58. The van der Waals surface area contributed by atoms with Crippen LogP contribution in [0.5, 0.6) is 0 Å². The zero-order valence-electron chi connectivity index (χ0n) is 20.5. The van der Waals surface area contributed by atoms with Crippen molar-refractivity contribution < 1.29 is 32.2 Å². The van der Waals surface area contributed by atoms with E-state index in [0.717, 1.165) is 30.1 Å². The molecule has 2 unspecified atom stereocenters. The molecule has 9 nitrogen and oxygen atoms in total. The Morgan fingerprint density at radius 1 is 1.31 bits per heavy atom. The second kappa shape index (κ2) is 11.1. The average molecular weight is 502 g/mol. The number of ether oxygens (including phenoxy) is 1. The molecule has 0 bridgehead atoms. The number of carbonyl (C=O) groups is 1. The third-order valence-electron chi connectivity index (χ3n) is 6.92. The zero-order chi connectivity index (χ0) is 25.8. The maximum Gasteiger partial charge on any atom is 0.490 e. The van der Waals surface area contributed by atoms with Crippen molar-refractivity contribution in [2.75, 3.05) is 13.7 Å². The standard InChI is InChI=1S/C21H33N5O2.C2HF3O2/c1-5-21(2,3)26-20(23-24-25-26)18(16-11-12-28-19(16)15-9-10-15)22-13-17(27-4)14-7-6-8-14;3-2(4,5)1(6)7/h11-12,14-15,17-18,22H,5-10,13H2,1-4H3;(H,6,7). The van der Waals surface area contributed by atoms with E-state index in [2.05, 4.69) is 47.7 Å². The number of hydrogen-bond donors (Lipinski definition) is 2. The summed E-state index contributed by atoms with van der Waals surface area (Å²) in [5.41, 5.74) is 1.01. The molecule has 2 aromatic heterocycles. The van der Waals surface area contributed by atoms with E-state index in [1.54, 1.807) is 6.26 Å². The molecule has 0 spiro atoms. The first-order chi connectivity index (χ1) is 16.5. The van der Waals surface area contributed by atoms with Gasteiger partial charge in [-0.15, -0.1) is 5.10 Å². The molecule has 0 aromatic carbocycles. The SMILES string of the molecule is CCC(C)(C)n1nnnc1C(NCC(OC)C1CCC1)c1ccoc1C1CC1.O=C(O)C(F)(F)F. The lowest BCUT2D eigenvalue weighted by Crippen LogP contribution is -2.41. The molecule has 2 fully saturated rings. The number of carboxylic acid groups (broad SMARTS) is 1. The molecule has 2 aliphatic rings. The second-order valence-corrected chi connectivity index (χ2v) is 9.74. The van der Waals surface area contributed by atoms with Gasteiger partial charge in [0.2, 0.25) is 0 Å². The van der Waals surface area contributed by atoms with Gasteiger partial charge in [0.05, 0.1) is 23.9 Å². The fourth-order valence-corrected chi connectivity index (χ4v) is 4.03. The third-order valence-corrected chi connectivity index (χ3v) is 6.92. The molecule has 2 aromatic rings. The lowest BCUT2D eigenvalue weighted by Gasteiger charge is -2.34. The smallest absolute Gasteiger partial charge is 0.475 e. The topological polar surface area (TPSA) is 115 Å². The summed E-state index contributed by atoms with van der Waals surface area (Å²) in [5, 5.41) is 23.7. The van der Waals surface area contributed by atoms with Crippen LogP contribution >= 0.6 is 0 Å². The Morgan fingerprint density at radius 2 is 1.97 bits per heavy atom. The summed E-state index contributed by atoms with van der Waals surface area (Å²) in [6, 6.07) is 1.97. The molecule has 0 radical (unpaired) electrons. The van der Waals surface area contributed by atoms with Crippen LogP contribution in [-0.2, 0) is 15.1 Å². The van der Waals surface area contributed by atoms with Crippen LogP contribution in [0.15, 0.2) is 16.7 Å². The fourth-order valence-electron chi connectivity index (χ4n) is 4.03. The molecule has 2 heterocycles. The number of nitrogens with one attached hydrogen (secondary N) is 1. The first kappa shape index (κ1) is 27.1. The van der Waals surface area contributed by atoms with Crippen molar-refractivity contribution in [3.05, 3.63) is 29.5 Å². The Bertz CT molecular complexity index is 967. The highest BCUT2D eigenvalue weighted by Crippen LogP contribution is 2.44. The third kappa shape index (κ3) is 6.60. The van der Waals surface area contributed by atoms with E-state index in [4.69, 9.17) is 19.1 Å². The van der Waals surface area contributed by atoms with Gasteiger partial charge >= 0.3 is 12.1 Å². The van der Waals surface area contributed by atoms with Crippen LogP contribution in [0.25, 0.3) is 0 Å². The van der Waals surface area contributed by atoms with Crippen LogP contribution in [-0.4, -0.2) is 57.2 Å². The molecule has 196 valence electrons. The van der Waals surface area contributed by atoms with Gasteiger partial charge in [-0.05, 0) is 68.4 Å².